The van der Waals surface area contributed by atoms with E-state index in [1.165, 1.54) is 6.07 Å². The third-order valence-corrected chi connectivity index (χ3v) is 2.32. The molecule has 0 radical (unpaired) electrons. The Bertz CT molecular complexity index is 461. The number of hydrogen-bond acceptors (Lipinski definition) is 3. The van der Waals surface area contributed by atoms with Crippen molar-refractivity contribution in [1.82, 2.24) is 0 Å². The average molecular weight is 343 g/mol. The van der Waals surface area contributed by atoms with Gasteiger partial charge in [-0.3, -0.25) is 0 Å². The van der Waals surface area contributed by atoms with Crippen LogP contribution in [0, 0.1) is 0 Å². The van der Waals surface area contributed by atoms with Crippen LogP contribution in [0.3, 0.4) is 0 Å². The predicted molar refractivity (Wildman–Crippen MR) is 55.2 cm³/mol. The van der Waals surface area contributed by atoms with Gasteiger partial charge in [0, 0.05) is 0 Å². The zero-order chi connectivity index (χ0) is 11.7. The number of hydrogen-bond donors (Lipinski definition) is 0. The molecule has 0 aliphatic heterocycles. The summed E-state index contributed by atoms with van der Waals surface area (Å²) in [6, 6.07) is 4.08. The third kappa shape index (κ3) is 6.78. The Kier molecular flexibility index (Phi) is 8.25. The molecule has 0 aliphatic rings. The van der Waals surface area contributed by atoms with Crippen LogP contribution in [0.5, 0.6) is 0 Å². The average Bonchev–Trinajstić information content (AvgIpc) is 1.99. The minimum atomic E-state index is -4.71. The fraction of sp³-hybridized carbons (Fsp3) is 0.250. The summed E-state index contributed by atoms with van der Waals surface area (Å²) in [4.78, 5) is 0. The van der Waals surface area contributed by atoms with E-state index >= 15 is 0 Å². The number of benzene rings is 1. The summed E-state index contributed by atoms with van der Waals surface area (Å²) in [6.07, 6.45) is -4.65. The Balaban J connectivity index is 0. The standard InChI is InChI=1S/C8H7F3O3S.BrH.Na/c9-8(10,11)7-4-2-1-3-6(7)5-15(12,13)14;;/h1-4H,5H2,(H,12,13,14);1H;/q;;+1/p-1. The third-order valence-electron chi connectivity index (χ3n) is 1.66. The molecule has 0 saturated heterocycles. The Morgan fingerprint density at radius 2 is 1.65 bits per heavy atom. The van der Waals surface area contributed by atoms with Crippen LogP contribution >= 0.6 is 17.0 Å². The van der Waals surface area contributed by atoms with Gasteiger partial charge < -0.3 is 4.55 Å². The predicted octanol–water partition coefficient (Wildman–Crippen LogP) is -0.667. The molecule has 0 heterocycles. The molecule has 0 N–H and O–H groups in total. The fourth-order valence-electron chi connectivity index (χ4n) is 1.11. The van der Waals surface area contributed by atoms with E-state index < -0.39 is 33.2 Å². The minimum Gasteiger partial charge on any atom is -0.748 e. The summed E-state index contributed by atoms with van der Waals surface area (Å²) >= 11 is 0. The monoisotopic (exact) mass is 342 g/mol. The molecule has 1 aromatic rings. The van der Waals surface area contributed by atoms with Crippen molar-refractivity contribution in [3.8, 4) is 0 Å². The van der Waals surface area contributed by atoms with Crippen molar-refractivity contribution in [2.24, 2.45) is 0 Å². The van der Waals surface area contributed by atoms with Gasteiger partial charge in [-0.1, -0.05) is 18.2 Å². The van der Waals surface area contributed by atoms with Gasteiger partial charge in [-0.15, -0.1) is 17.0 Å². The number of alkyl halides is 3. The van der Waals surface area contributed by atoms with Crippen molar-refractivity contribution < 1.29 is 55.7 Å². The Morgan fingerprint density at radius 3 is 2.06 bits per heavy atom. The maximum absolute atomic E-state index is 12.3. The summed E-state index contributed by atoms with van der Waals surface area (Å²) in [5.41, 5.74) is -1.62. The zero-order valence-corrected chi connectivity index (χ0v) is 13.2. The summed E-state index contributed by atoms with van der Waals surface area (Å²) in [5, 5.41) is 0. The van der Waals surface area contributed by atoms with Gasteiger partial charge in [0.1, 0.15) is 0 Å². The first kappa shape index (κ1) is 19.7. The van der Waals surface area contributed by atoms with Crippen LogP contribution in [0.15, 0.2) is 24.3 Å². The van der Waals surface area contributed by atoms with Gasteiger partial charge in [0.25, 0.3) is 0 Å². The van der Waals surface area contributed by atoms with Crippen LogP contribution in [0.2, 0.25) is 0 Å². The summed E-state index contributed by atoms with van der Waals surface area (Å²) in [6.45, 7) is 0. The van der Waals surface area contributed by atoms with Crippen molar-refractivity contribution in [1.29, 1.82) is 0 Å². The van der Waals surface area contributed by atoms with Gasteiger partial charge in [-0.05, 0) is 11.6 Å². The van der Waals surface area contributed by atoms with E-state index in [4.69, 9.17) is 0 Å². The molecule has 17 heavy (non-hydrogen) atoms. The van der Waals surface area contributed by atoms with Gasteiger partial charge >= 0.3 is 35.7 Å². The van der Waals surface area contributed by atoms with Crippen LogP contribution in [0.4, 0.5) is 13.2 Å². The molecule has 0 aromatic heterocycles. The summed E-state index contributed by atoms with van der Waals surface area (Å²) < 4.78 is 68.1. The molecule has 1 aromatic carbocycles. The van der Waals surface area contributed by atoms with Crippen LogP contribution in [-0.2, 0) is 22.0 Å². The Labute approximate surface area is 129 Å². The molecule has 0 atom stereocenters. The van der Waals surface area contributed by atoms with E-state index in [-0.39, 0.29) is 46.5 Å². The molecule has 0 amide bonds. The fourth-order valence-corrected chi connectivity index (χ4v) is 1.75. The molecule has 1 rings (SSSR count). The second-order valence-electron chi connectivity index (χ2n) is 2.86. The maximum atomic E-state index is 12.3. The Hall–Kier alpha value is 0.400. The topological polar surface area (TPSA) is 57.2 Å². The number of rotatable bonds is 2. The van der Waals surface area contributed by atoms with E-state index in [0.29, 0.717) is 0 Å². The van der Waals surface area contributed by atoms with Gasteiger partial charge in [0.2, 0.25) is 0 Å². The van der Waals surface area contributed by atoms with E-state index in [1.807, 2.05) is 0 Å². The first-order valence-electron chi connectivity index (χ1n) is 3.79. The van der Waals surface area contributed by atoms with Crippen LogP contribution in [-0.4, -0.2) is 13.0 Å². The van der Waals surface area contributed by atoms with Crippen LogP contribution < -0.4 is 29.6 Å². The van der Waals surface area contributed by atoms with Crippen molar-refractivity contribution in [2.75, 3.05) is 0 Å². The quantitative estimate of drug-likeness (QED) is 0.529. The first-order chi connectivity index (χ1) is 6.70. The Morgan fingerprint density at radius 1 is 1.18 bits per heavy atom. The van der Waals surface area contributed by atoms with Gasteiger partial charge in [0.15, 0.2) is 0 Å². The molecule has 3 nitrogen and oxygen atoms in total. The molecule has 0 bridgehead atoms. The van der Waals surface area contributed by atoms with Crippen LogP contribution in [0.1, 0.15) is 11.1 Å². The van der Waals surface area contributed by atoms with Crippen molar-refractivity contribution in [3.05, 3.63) is 35.4 Å². The van der Waals surface area contributed by atoms with Crippen molar-refractivity contribution >= 4 is 27.1 Å². The molecule has 9 heteroatoms. The van der Waals surface area contributed by atoms with E-state index in [2.05, 4.69) is 0 Å². The molecule has 0 aliphatic carbocycles. The molecular weight excluding hydrogens is 336 g/mol. The number of halogens is 4. The summed E-state index contributed by atoms with van der Waals surface area (Å²) in [7, 11) is -4.71. The maximum Gasteiger partial charge on any atom is 1.00 e. The molecule has 92 valence electrons. The molecule has 0 fully saturated rings. The molecular formula is C8H7BrF3NaO3S. The molecule has 0 spiro atoms. The van der Waals surface area contributed by atoms with E-state index in [1.54, 1.807) is 0 Å². The second-order valence-corrected chi connectivity index (χ2v) is 4.26. The van der Waals surface area contributed by atoms with Crippen molar-refractivity contribution in [3.63, 3.8) is 0 Å². The van der Waals surface area contributed by atoms with Crippen molar-refractivity contribution in [2.45, 2.75) is 11.9 Å². The molecule has 0 saturated carbocycles. The summed E-state index contributed by atoms with van der Waals surface area (Å²) in [5.74, 6) is -1.15. The second kappa shape index (κ2) is 7.10. The minimum absolute atomic E-state index is 0. The zero-order valence-electron chi connectivity index (χ0n) is 8.69. The molecule has 0 unspecified atom stereocenters. The normalized spacial score (nSPS) is 11.3. The van der Waals surface area contributed by atoms with Gasteiger partial charge in [-0.2, -0.15) is 13.2 Å². The first-order valence-corrected chi connectivity index (χ1v) is 5.36. The largest absolute Gasteiger partial charge is 1.00 e. The smallest absolute Gasteiger partial charge is 0.748 e. The van der Waals surface area contributed by atoms with Gasteiger partial charge in [0.05, 0.1) is 21.4 Å². The van der Waals surface area contributed by atoms with E-state index in [0.717, 1.165) is 18.2 Å². The van der Waals surface area contributed by atoms with Crippen LogP contribution in [0.25, 0.3) is 0 Å². The SMILES string of the molecule is Br.O=S(=O)([O-])Cc1ccccc1C(F)(F)F.[Na+]. The van der Waals surface area contributed by atoms with Gasteiger partial charge in [-0.25, -0.2) is 8.42 Å². The van der Waals surface area contributed by atoms with E-state index in [9.17, 15) is 26.1 Å².